The SMILES string of the molecule is CCCCO.CCc1cc(N)c(OC)cc1N1CCC(N2CCN(C)CC2)CC1.CCc1cc(Nc2ncc(Br)c(Nc3ccc(-n4cc(COC)cn4)cc3P(C)(C)=O)n2)c(OC)cc1N1CCC(N2CCN(C)CC2)CC1.COCc1cnn(-c2ccc(Nc3nc(Cl)ncc3Br)c(P(C)(C)=O)c2)c1.Cc1ccc(S(=O)(=O)O)cc1. The van der Waals surface area contributed by atoms with Crippen LogP contribution in [-0.2, 0) is 54.8 Å². The van der Waals surface area contributed by atoms with Gasteiger partial charge in [-0.05, 0) is 208 Å². The number of aliphatic hydroxyl groups is 1. The molecule has 7 N–H and O–H groups in total. The lowest BCUT2D eigenvalue weighted by molar-refractivity contribution is 0.0982. The summed E-state index contributed by atoms with van der Waals surface area (Å²) in [6.45, 7) is 30.3. The van der Waals surface area contributed by atoms with Crippen LogP contribution in [0.5, 0.6) is 11.5 Å². The smallest absolute Gasteiger partial charge is 0.294 e. The first kappa shape index (κ1) is 93.3. The second-order valence-corrected chi connectivity index (χ2v) is 40.1. The molecule has 117 heavy (non-hydrogen) atoms. The number of nitrogen functional groups attached to an aromatic ring is 1. The molecule has 28 nitrogen and oxygen atoms in total. The van der Waals surface area contributed by atoms with Crippen LogP contribution < -0.4 is 51.6 Å². The van der Waals surface area contributed by atoms with Gasteiger partial charge < -0.3 is 74.5 Å². The monoisotopic (exact) mass is 1810 g/mol. The Morgan fingerprint density at radius 2 is 1.02 bits per heavy atom. The number of ether oxygens (including phenoxy) is 4. The number of unbranched alkanes of at least 4 members (excludes halogenated alkanes) is 1. The van der Waals surface area contributed by atoms with Crippen molar-refractivity contribution in [3.63, 3.8) is 0 Å². The Morgan fingerprint density at radius 3 is 1.43 bits per heavy atom. The highest BCUT2D eigenvalue weighted by Gasteiger charge is 2.31. The minimum Gasteiger partial charge on any atom is -0.495 e. The summed E-state index contributed by atoms with van der Waals surface area (Å²) in [7, 11) is 1.81. The molecule has 4 aliphatic rings. The Kier molecular flexibility index (Phi) is 35.2. The largest absolute Gasteiger partial charge is 0.495 e. The molecule has 4 aliphatic heterocycles. The zero-order chi connectivity index (χ0) is 84.7. The van der Waals surface area contributed by atoms with Gasteiger partial charge in [-0.25, -0.2) is 19.3 Å². The number of hydrogen-bond donors (Lipinski definition) is 6. The molecule has 0 radical (unpaired) electrons. The number of piperazine rings is 2. The minimum atomic E-state index is -4.02. The van der Waals surface area contributed by atoms with Crippen molar-refractivity contribution < 1.29 is 46.2 Å². The van der Waals surface area contributed by atoms with Crippen molar-refractivity contribution in [1.82, 2.24) is 59.1 Å². The number of piperidine rings is 2. The van der Waals surface area contributed by atoms with Crippen LogP contribution in [0.25, 0.3) is 11.4 Å². The Morgan fingerprint density at radius 1 is 0.573 bits per heavy atom. The summed E-state index contributed by atoms with van der Waals surface area (Å²) in [5.41, 5.74) is 18.6. The Balaban J connectivity index is 0.000000195. The van der Waals surface area contributed by atoms with Crippen molar-refractivity contribution in [3.05, 3.63) is 164 Å². The number of aryl methyl sites for hydroxylation is 3. The zero-order valence-electron chi connectivity index (χ0n) is 69.9. The van der Waals surface area contributed by atoms with Gasteiger partial charge in [-0.2, -0.15) is 28.6 Å². The van der Waals surface area contributed by atoms with E-state index in [1.54, 1.807) is 101 Å². The van der Waals surface area contributed by atoms with E-state index in [0.29, 0.717) is 74.4 Å². The van der Waals surface area contributed by atoms with Gasteiger partial charge in [-0.1, -0.05) is 44.9 Å². The maximum atomic E-state index is 13.5. The first-order chi connectivity index (χ1) is 55.9. The summed E-state index contributed by atoms with van der Waals surface area (Å²) in [4.78, 5) is 32.7. The van der Waals surface area contributed by atoms with Gasteiger partial charge in [-0.15, -0.1) is 0 Å². The van der Waals surface area contributed by atoms with Crippen LogP contribution in [0.1, 0.15) is 87.1 Å². The summed E-state index contributed by atoms with van der Waals surface area (Å²) in [5, 5.41) is 28.4. The topological polar surface area (TPSA) is 314 Å². The molecule has 4 fully saturated rings. The van der Waals surface area contributed by atoms with E-state index >= 15 is 0 Å². The molecular formula is C83H117Br2ClN18O10P2S. The highest BCUT2D eigenvalue weighted by atomic mass is 79.9. The standard InChI is InChI=1S/C36H49BrN9O3P.C19H32N4O.C17H18BrClN5O2P.C7H8O3S.C4H10O/c1-7-26-18-31(33(49-4)20-32(26)45-12-10-27(11-13-45)44-16-14-43(2)15-17-44)41-36-38-22-29(37)35(42-36)40-30-9-8-28(19-34(30)50(5,6)47)46-23-25(21-39-46)24-48-3;1-4-15-13-17(20)19(24-3)14-18(15)23-7-5-16(6-8-23)22-11-9-21(2)10-12-22;1-26-10-11-7-21-24(9-11)12-4-5-14(15(6-12)27(2,3)25)22-16-13(18)8-20-17(19)23-16;1-6-2-4-7(5-3-6)11(8,9)10;1-2-3-4-5/h8-9,18-23,27H,7,10-17,24H2,1-6H3,(H2,38,40,41,42);13-14,16H,4-12,20H2,1-3H3;4-9H,10H2,1-3H3,(H,20,22,23);2-5H,1H3,(H,8,9,10);5H,2-4H2,1H3. The van der Waals surface area contributed by atoms with Crippen LogP contribution in [0.3, 0.4) is 0 Å². The molecule has 4 aromatic heterocycles. The van der Waals surface area contributed by atoms with Crippen LogP contribution >= 0.6 is 57.7 Å². The molecule has 34 heteroatoms. The van der Waals surface area contributed by atoms with Crippen molar-refractivity contribution >= 4 is 130 Å². The van der Waals surface area contributed by atoms with E-state index in [9.17, 15) is 17.5 Å². The number of anilines is 9. The van der Waals surface area contributed by atoms with Gasteiger partial charge >= 0.3 is 0 Å². The lowest BCUT2D eigenvalue weighted by Gasteiger charge is -2.43. The summed E-state index contributed by atoms with van der Waals surface area (Å²) < 4.78 is 82.5. The lowest BCUT2D eigenvalue weighted by Crippen LogP contribution is -2.52. The van der Waals surface area contributed by atoms with Gasteiger partial charge in [0.05, 0.1) is 87.8 Å². The molecule has 0 amide bonds. The summed E-state index contributed by atoms with van der Waals surface area (Å²) in [6, 6.07) is 27.3. The first-order valence-electron chi connectivity index (χ1n) is 39.5. The number of nitrogens with zero attached hydrogens (tertiary/aromatic N) is 14. The number of likely N-dealkylation sites (N-methyl/N-ethyl adjacent to an activating group) is 2. The van der Waals surface area contributed by atoms with Gasteiger partial charge in [0.25, 0.3) is 10.1 Å². The molecule has 0 unspecified atom stereocenters. The number of rotatable bonds is 25. The van der Waals surface area contributed by atoms with Crippen LogP contribution in [-0.4, -0.2) is 244 Å². The number of nitrogens with two attached hydrogens (primary N) is 1. The van der Waals surface area contributed by atoms with E-state index in [2.05, 4.69) is 161 Å². The number of nitrogens with one attached hydrogen (secondary N) is 3. The van der Waals surface area contributed by atoms with Gasteiger partial charge in [0.1, 0.15) is 37.4 Å². The maximum Gasteiger partial charge on any atom is 0.294 e. The number of benzene rings is 5. The van der Waals surface area contributed by atoms with E-state index in [-0.39, 0.29) is 10.2 Å². The third-order valence-corrected chi connectivity index (χ3v) is 26.2. The molecule has 8 heterocycles. The van der Waals surface area contributed by atoms with Crippen LogP contribution in [0.4, 0.5) is 51.7 Å². The maximum absolute atomic E-state index is 13.5. The predicted molar refractivity (Wildman–Crippen MR) is 482 cm³/mol. The number of halogens is 3. The normalized spacial score (nSPS) is 15.5. The molecule has 0 atom stereocenters. The number of aromatic nitrogens is 8. The van der Waals surface area contributed by atoms with Crippen LogP contribution in [0.2, 0.25) is 5.28 Å². The average Bonchev–Trinajstić information content (AvgIpc) is 0.889. The fourth-order valence-corrected chi connectivity index (χ4v) is 17.8. The van der Waals surface area contributed by atoms with Crippen molar-refractivity contribution in [2.45, 2.75) is 109 Å². The molecule has 0 spiro atoms. The minimum absolute atomic E-state index is 0.0666. The van der Waals surface area contributed by atoms with Crippen LogP contribution in [0, 0.1) is 6.92 Å². The number of aliphatic hydroxyl groups excluding tert-OH is 1. The number of methoxy groups -OCH3 is 4. The summed E-state index contributed by atoms with van der Waals surface area (Å²) in [5.74, 6) is 2.99. The highest BCUT2D eigenvalue weighted by Crippen LogP contribution is 2.43. The van der Waals surface area contributed by atoms with Crippen molar-refractivity contribution in [2.24, 2.45) is 0 Å². The Labute approximate surface area is 712 Å². The van der Waals surface area contributed by atoms with Crippen LogP contribution in [0.15, 0.2) is 136 Å². The second-order valence-electron chi connectivity index (χ2n) is 30.2. The molecule has 4 saturated heterocycles. The molecule has 13 rings (SSSR count). The van der Waals surface area contributed by atoms with E-state index in [1.807, 2.05) is 55.7 Å². The van der Waals surface area contributed by atoms with E-state index < -0.39 is 24.4 Å². The number of hydrogen-bond acceptors (Lipinski definition) is 25. The van der Waals surface area contributed by atoms with Crippen molar-refractivity contribution in [2.75, 3.05) is 186 Å². The van der Waals surface area contributed by atoms with E-state index in [4.69, 9.17) is 50.9 Å². The quantitative estimate of drug-likeness (QED) is 0.0134. The molecule has 636 valence electrons. The zero-order valence-corrected chi connectivity index (χ0v) is 76.4. The average molecular weight is 1820 g/mol. The van der Waals surface area contributed by atoms with Gasteiger partial charge in [0, 0.05) is 181 Å². The molecule has 0 saturated carbocycles. The Hall–Kier alpha value is -7.58. The third kappa shape index (κ3) is 26.7. The fraction of sp³-hybridized carbons (Fsp3) is 0.470. The van der Waals surface area contributed by atoms with Gasteiger partial charge in [-0.3, -0.25) is 14.4 Å². The lowest BCUT2D eigenvalue weighted by atomic mass is 9.99. The summed E-state index contributed by atoms with van der Waals surface area (Å²) >= 11 is 12.9. The van der Waals surface area contributed by atoms with Crippen molar-refractivity contribution in [3.8, 4) is 22.9 Å². The second kappa shape index (κ2) is 44.1. The van der Waals surface area contributed by atoms with Crippen molar-refractivity contribution in [1.29, 1.82) is 0 Å². The molecule has 5 aromatic carbocycles. The summed E-state index contributed by atoms with van der Waals surface area (Å²) in [6.07, 6.45) is 19.3. The predicted octanol–water partition coefficient (Wildman–Crippen LogP) is 14.4. The molecular weight excluding hydrogens is 1700 g/mol. The fourth-order valence-electron chi connectivity index (χ4n) is 14.3. The third-order valence-electron chi connectivity index (χ3n) is 20.9. The van der Waals surface area contributed by atoms with E-state index in [1.165, 1.54) is 99.6 Å². The molecule has 0 bridgehead atoms. The van der Waals surface area contributed by atoms with Gasteiger partial charge in [0.15, 0.2) is 0 Å². The molecule has 9 aromatic rings. The molecule has 0 aliphatic carbocycles. The Bertz CT molecular complexity index is 4910. The first-order valence-corrected chi connectivity index (χ1v) is 48.1. The van der Waals surface area contributed by atoms with E-state index in [0.717, 1.165) is 122 Å². The van der Waals surface area contributed by atoms with Gasteiger partial charge in [0.2, 0.25) is 11.2 Å². The highest BCUT2D eigenvalue weighted by molar-refractivity contribution is 9.11.